The molecule has 0 aliphatic rings. The Morgan fingerprint density at radius 1 is 1.32 bits per heavy atom. The average molecular weight is 325 g/mol. The van der Waals surface area contributed by atoms with Crippen LogP contribution in [0.3, 0.4) is 0 Å². The van der Waals surface area contributed by atoms with Gasteiger partial charge in [0, 0.05) is 5.54 Å². The van der Waals surface area contributed by atoms with Crippen molar-refractivity contribution < 1.29 is 17.9 Å². The molecule has 0 aromatic heterocycles. The first kappa shape index (κ1) is 18.5. The number of rotatable bonds is 8. The number of sulfone groups is 1. The highest BCUT2D eigenvalue weighted by molar-refractivity contribution is 7.91. The Kier molecular flexibility index (Phi) is 6.87. The molecule has 5 nitrogen and oxygen atoms in total. The van der Waals surface area contributed by atoms with Crippen LogP contribution >= 0.6 is 0 Å². The summed E-state index contributed by atoms with van der Waals surface area (Å²) in [5, 5.41) is 2.69. The van der Waals surface area contributed by atoms with Crippen LogP contribution in [-0.2, 0) is 21.2 Å². The van der Waals surface area contributed by atoms with Crippen molar-refractivity contribution in [3.8, 4) is 0 Å². The van der Waals surface area contributed by atoms with Gasteiger partial charge >= 0.3 is 6.09 Å². The van der Waals surface area contributed by atoms with Crippen molar-refractivity contribution in [2.24, 2.45) is 0 Å². The van der Waals surface area contributed by atoms with Crippen LogP contribution in [-0.4, -0.2) is 31.6 Å². The smallest absolute Gasteiger partial charge is 0.407 e. The molecule has 1 amide bonds. The zero-order valence-corrected chi connectivity index (χ0v) is 13.9. The fourth-order valence-electron chi connectivity index (χ4n) is 1.77. The number of nitrogens with one attached hydrogen (secondary N) is 1. The Labute approximate surface area is 133 Å². The molecule has 0 fully saturated rings. The maximum Gasteiger partial charge on any atom is 0.407 e. The van der Waals surface area contributed by atoms with Crippen molar-refractivity contribution in [2.75, 3.05) is 11.5 Å². The molecule has 122 valence electrons. The number of amides is 1. The van der Waals surface area contributed by atoms with Crippen LogP contribution in [0, 0.1) is 13.3 Å². The second-order valence-electron chi connectivity index (χ2n) is 5.72. The highest BCUT2D eigenvalue weighted by atomic mass is 32.2. The van der Waals surface area contributed by atoms with Crippen molar-refractivity contribution in [3.63, 3.8) is 0 Å². The first-order valence-corrected chi connectivity index (χ1v) is 8.86. The summed E-state index contributed by atoms with van der Waals surface area (Å²) in [5.41, 5.74) is 0.228. The SMILES string of the molecule is [CH2][CH]CS(=O)(=O)CCC(C)(C)NC(=O)OCc1ccccc1. The fraction of sp³-hybridized carbons (Fsp3) is 0.438. The predicted octanol–water partition coefficient (Wildman–Crippen LogP) is 2.53. The van der Waals surface area contributed by atoms with Crippen LogP contribution in [0.4, 0.5) is 4.79 Å². The van der Waals surface area contributed by atoms with Gasteiger partial charge in [0.2, 0.25) is 0 Å². The van der Waals surface area contributed by atoms with E-state index in [2.05, 4.69) is 12.2 Å². The lowest BCUT2D eigenvalue weighted by molar-refractivity contribution is 0.129. The normalized spacial score (nSPS) is 12.0. The first-order chi connectivity index (χ1) is 10.2. The van der Waals surface area contributed by atoms with Gasteiger partial charge < -0.3 is 10.1 Å². The lowest BCUT2D eigenvalue weighted by Crippen LogP contribution is -2.44. The Hall–Kier alpha value is -1.56. The minimum Gasteiger partial charge on any atom is -0.445 e. The lowest BCUT2D eigenvalue weighted by Gasteiger charge is -2.25. The molecule has 1 aromatic carbocycles. The number of alkyl carbamates (subject to hydrolysis) is 1. The lowest BCUT2D eigenvalue weighted by atomic mass is 10.0. The van der Waals surface area contributed by atoms with E-state index in [0.717, 1.165) is 5.56 Å². The highest BCUT2D eigenvalue weighted by Crippen LogP contribution is 2.12. The number of carbonyl (C=O) groups excluding carboxylic acids is 1. The average Bonchev–Trinajstić information content (AvgIpc) is 2.44. The van der Waals surface area contributed by atoms with Crippen molar-refractivity contribution in [1.82, 2.24) is 5.32 Å². The zero-order chi connectivity index (χ0) is 16.6. The van der Waals surface area contributed by atoms with E-state index in [-0.39, 0.29) is 18.1 Å². The van der Waals surface area contributed by atoms with E-state index in [1.807, 2.05) is 30.3 Å². The molecule has 1 aromatic rings. The molecule has 0 unspecified atom stereocenters. The van der Waals surface area contributed by atoms with Gasteiger partial charge in [-0.3, -0.25) is 0 Å². The number of carbonyl (C=O) groups is 1. The van der Waals surface area contributed by atoms with Crippen LogP contribution < -0.4 is 5.32 Å². The first-order valence-electron chi connectivity index (χ1n) is 7.04. The topological polar surface area (TPSA) is 72.5 Å². The van der Waals surface area contributed by atoms with Crippen LogP contribution in [0.5, 0.6) is 0 Å². The third-order valence-corrected chi connectivity index (χ3v) is 4.63. The van der Waals surface area contributed by atoms with Crippen LogP contribution in [0.1, 0.15) is 25.8 Å². The van der Waals surface area contributed by atoms with Gasteiger partial charge in [-0.1, -0.05) is 30.3 Å². The van der Waals surface area contributed by atoms with Crippen LogP contribution in [0.15, 0.2) is 30.3 Å². The molecule has 0 spiro atoms. The van der Waals surface area contributed by atoms with Gasteiger partial charge in [-0.2, -0.15) is 0 Å². The Bertz CT molecular complexity index is 567. The molecule has 0 saturated heterocycles. The van der Waals surface area contributed by atoms with E-state index in [1.165, 1.54) is 6.42 Å². The molecule has 0 heterocycles. The summed E-state index contributed by atoms with van der Waals surface area (Å²) in [7, 11) is -3.17. The molecule has 2 radical (unpaired) electrons. The molecule has 1 rings (SSSR count). The molecule has 1 N–H and O–H groups in total. The molecule has 0 saturated carbocycles. The third kappa shape index (κ3) is 7.45. The number of hydrogen-bond donors (Lipinski definition) is 1. The van der Waals surface area contributed by atoms with Gasteiger partial charge in [-0.05, 0) is 39.2 Å². The Balaban J connectivity index is 2.41. The van der Waals surface area contributed by atoms with Crippen molar-refractivity contribution >= 4 is 15.9 Å². The van der Waals surface area contributed by atoms with Crippen LogP contribution in [0.25, 0.3) is 0 Å². The van der Waals surface area contributed by atoms with Gasteiger partial charge in [0.25, 0.3) is 0 Å². The van der Waals surface area contributed by atoms with E-state index in [1.54, 1.807) is 13.8 Å². The summed E-state index contributed by atoms with van der Waals surface area (Å²) in [6.07, 6.45) is 1.11. The molecule has 0 aliphatic carbocycles. The van der Waals surface area contributed by atoms with Gasteiger partial charge in [-0.25, -0.2) is 13.2 Å². The van der Waals surface area contributed by atoms with Gasteiger partial charge in [0.1, 0.15) is 6.61 Å². The summed E-state index contributed by atoms with van der Waals surface area (Å²) in [6.45, 7) is 7.13. The Morgan fingerprint density at radius 3 is 2.55 bits per heavy atom. The van der Waals surface area contributed by atoms with Crippen molar-refractivity contribution in [3.05, 3.63) is 49.2 Å². The quantitative estimate of drug-likeness (QED) is 0.797. The van der Waals surface area contributed by atoms with Crippen molar-refractivity contribution in [1.29, 1.82) is 0 Å². The molecule has 0 atom stereocenters. The maximum absolute atomic E-state index is 11.8. The zero-order valence-electron chi connectivity index (χ0n) is 13.0. The number of benzene rings is 1. The van der Waals surface area contributed by atoms with Crippen molar-refractivity contribution in [2.45, 2.75) is 32.4 Å². The van der Waals surface area contributed by atoms with Crippen LogP contribution in [0.2, 0.25) is 0 Å². The molecule has 22 heavy (non-hydrogen) atoms. The molecule has 0 aliphatic heterocycles. The second kappa shape index (κ2) is 8.17. The summed E-state index contributed by atoms with van der Waals surface area (Å²) in [6, 6.07) is 9.34. The van der Waals surface area contributed by atoms with Gasteiger partial charge in [-0.15, -0.1) is 0 Å². The number of ether oxygens (including phenoxy) is 1. The number of hydrogen-bond acceptors (Lipinski definition) is 4. The molecule has 6 heteroatoms. The summed E-state index contributed by atoms with van der Waals surface area (Å²) < 4.78 is 28.4. The standard InChI is InChI=1S/C16H23NO4S/c1-4-11-22(19,20)12-10-16(2,3)17-15(18)21-13-14-8-6-5-7-9-14/h4-9H,1,10-13H2,2-3H3,(H,17,18). The van der Waals surface area contributed by atoms with E-state index in [0.29, 0.717) is 6.42 Å². The minimum atomic E-state index is -3.17. The second-order valence-corrected chi connectivity index (χ2v) is 7.95. The molecular weight excluding hydrogens is 302 g/mol. The summed E-state index contributed by atoms with van der Waals surface area (Å²) in [4.78, 5) is 11.8. The maximum atomic E-state index is 11.8. The van der Waals surface area contributed by atoms with Gasteiger partial charge in [0.15, 0.2) is 9.84 Å². The fourth-order valence-corrected chi connectivity index (χ4v) is 3.12. The van der Waals surface area contributed by atoms with Gasteiger partial charge in [0.05, 0.1) is 11.5 Å². The monoisotopic (exact) mass is 325 g/mol. The molecule has 0 bridgehead atoms. The Morgan fingerprint density at radius 2 is 1.95 bits per heavy atom. The molecular formula is C16H23NO4S. The van der Waals surface area contributed by atoms with E-state index in [4.69, 9.17) is 4.74 Å². The largest absolute Gasteiger partial charge is 0.445 e. The van der Waals surface area contributed by atoms with E-state index >= 15 is 0 Å². The highest BCUT2D eigenvalue weighted by Gasteiger charge is 2.24. The van der Waals surface area contributed by atoms with E-state index in [9.17, 15) is 13.2 Å². The predicted molar refractivity (Wildman–Crippen MR) is 86.8 cm³/mol. The summed E-state index contributed by atoms with van der Waals surface area (Å²) in [5.74, 6) is -0.0630. The van der Waals surface area contributed by atoms with E-state index < -0.39 is 21.5 Å². The minimum absolute atomic E-state index is 0.00894. The third-order valence-electron chi connectivity index (χ3n) is 3.06. The summed E-state index contributed by atoms with van der Waals surface area (Å²) >= 11 is 0.